The molecule has 2 aromatic heterocycles. The lowest BCUT2D eigenvalue weighted by Gasteiger charge is -2.29. The first-order valence-corrected chi connectivity index (χ1v) is 18.6. The summed E-state index contributed by atoms with van der Waals surface area (Å²) in [6.07, 6.45) is 0. The Labute approximate surface area is 313 Å². The Morgan fingerprint density at radius 1 is 0.537 bits per heavy atom. The van der Waals surface area contributed by atoms with Gasteiger partial charge in [0.15, 0.2) is 5.58 Å². The molecule has 0 saturated carbocycles. The molecule has 54 heavy (non-hydrogen) atoms. The van der Waals surface area contributed by atoms with Crippen molar-refractivity contribution in [1.29, 1.82) is 0 Å². The minimum absolute atomic E-state index is 0.159. The van der Waals surface area contributed by atoms with Gasteiger partial charge in [0.25, 0.3) is 0 Å². The van der Waals surface area contributed by atoms with E-state index in [1.807, 2.05) is 36.4 Å². The predicted molar refractivity (Wildman–Crippen MR) is 224 cm³/mol. The van der Waals surface area contributed by atoms with Crippen molar-refractivity contribution in [3.63, 3.8) is 0 Å². The number of oxazole rings is 1. The summed E-state index contributed by atoms with van der Waals surface area (Å²) in [5, 5.41) is 4.79. The van der Waals surface area contributed by atoms with Crippen LogP contribution in [0.15, 0.2) is 180 Å². The van der Waals surface area contributed by atoms with Crippen molar-refractivity contribution in [2.75, 3.05) is 4.90 Å². The highest BCUT2D eigenvalue weighted by molar-refractivity contribution is 6.21. The molecule has 0 amide bonds. The Balaban J connectivity index is 1.21. The van der Waals surface area contributed by atoms with E-state index in [4.69, 9.17) is 9.40 Å². The second-order valence-electron chi connectivity index (χ2n) is 14.8. The number of nitrogens with zero attached hydrogens (tertiary/aromatic N) is 3. The van der Waals surface area contributed by atoms with Crippen LogP contribution in [-0.2, 0) is 5.41 Å². The maximum Gasteiger partial charge on any atom is 0.227 e. The molecule has 10 aromatic rings. The summed E-state index contributed by atoms with van der Waals surface area (Å²) in [4.78, 5) is 7.38. The molecule has 0 unspecified atom stereocenters. The number of rotatable bonds is 5. The van der Waals surface area contributed by atoms with Crippen molar-refractivity contribution in [3.8, 4) is 28.3 Å². The predicted octanol–water partition coefficient (Wildman–Crippen LogP) is 13.5. The van der Waals surface area contributed by atoms with Crippen molar-refractivity contribution in [1.82, 2.24) is 9.55 Å². The number of para-hydroxylation sites is 3. The molecule has 0 bridgehead atoms. The minimum atomic E-state index is -0.159. The van der Waals surface area contributed by atoms with Gasteiger partial charge in [0.1, 0.15) is 5.52 Å². The summed E-state index contributed by atoms with van der Waals surface area (Å²) in [5.41, 5.74) is 14.2. The van der Waals surface area contributed by atoms with Gasteiger partial charge in [-0.25, -0.2) is 4.98 Å². The number of anilines is 3. The molecule has 0 saturated heterocycles. The molecule has 2 heterocycles. The van der Waals surface area contributed by atoms with Gasteiger partial charge in [-0.15, -0.1) is 0 Å². The smallest absolute Gasteiger partial charge is 0.227 e. The molecule has 4 nitrogen and oxygen atoms in total. The van der Waals surface area contributed by atoms with Crippen LogP contribution in [0.1, 0.15) is 25.0 Å². The SMILES string of the molecule is CC1(C)c2ccccc2-c2ccc(N(c3cccc4c3ccc3c5ccccc5n(-c5ccccc5)c43)c3cccc4nc(-c5ccccc5)oc34)cc21. The van der Waals surface area contributed by atoms with Gasteiger partial charge in [0.2, 0.25) is 5.89 Å². The van der Waals surface area contributed by atoms with Gasteiger partial charge in [-0.05, 0) is 82.9 Å². The number of hydrogen-bond donors (Lipinski definition) is 0. The number of fused-ring (bicyclic) bond motifs is 9. The molecule has 256 valence electrons. The van der Waals surface area contributed by atoms with Crippen LogP contribution in [0, 0.1) is 0 Å². The van der Waals surface area contributed by atoms with E-state index in [2.05, 4.69) is 163 Å². The standard InChI is InChI=1S/C50H35N3O/c1-50(2)41-22-11-9-19-35(41)36-28-27-34(31-42(36)50)52(46-26-14-23-43-48(46)54-49(51-43)32-15-5-3-6-16-32)44-25-13-21-39-38(44)29-30-40-37-20-10-12-24-45(37)53(47(39)40)33-17-7-4-8-18-33/h3-31H,1-2H3. The largest absolute Gasteiger partial charge is 0.434 e. The van der Waals surface area contributed by atoms with E-state index < -0.39 is 0 Å². The molecule has 1 aliphatic rings. The molecular formula is C50H35N3O. The Morgan fingerprint density at radius 3 is 2.07 bits per heavy atom. The third-order valence-electron chi connectivity index (χ3n) is 11.4. The first kappa shape index (κ1) is 30.7. The van der Waals surface area contributed by atoms with Crippen LogP contribution in [0.5, 0.6) is 0 Å². The molecule has 0 atom stereocenters. The topological polar surface area (TPSA) is 34.2 Å². The zero-order valence-corrected chi connectivity index (χ0v) is 30.0. The molecule has 1 aliphatic carbocycles. The molecule has 0 N–H and O–H groups in total. The number of hydrogen-bond acceptors (Lipinski definition) is 3. The highest BCUT2D eigenvalue weighted by Crippen LogP contribution is 2.52. The quantitative estimate of drug-likeness (QED) is 0.180. The van der Waals surface area contributed by atoms with E-state index >= 15 is 0 Å². The molecular weight excluding hydrogens is 659 g/mol. The van der Waals surface area contributed by atoms with Gasteiger partial charge in [0, 0.05) is 43.9 Å². The maximum absolute atomic E-state index is 6.74. The highest BCUT2D eigenvalue weighted by Gasteiger charge is 2.36. The maximum atomic E-state index is 6.74. The van der Waals surface area contributed by atoms with Crippen LogP contribution in [0.2, 0.25) is 0 Å². The Kier molecular flexibility index (Phi) is 6.56. The summed E-state index contributed by atoms with van der Waals surface area (Å²) in [5.74, 6) is 0.607. The van der Waals surface area contributed by atoms with Crippen molar-refractivity contribution in [2.24, 2.45) is 0 Å². The van der Waals surface area contributed by atoms with Crippen LogP contribution in [0.25, 0.3) is 71.9 Å². The van der Waals surface area contributed by atoms with Crippen LogP contribution in [0.4, 0.5) is 17.1 Å². The fourth-order valence-corrected chi connectivity index (χ4v) is 8.89. The Hall–Kier alpha value is -6.91. The van der Waals surface area contributed by atoms with E-state index in [-0.39, 0.29) is 5.41 Å². The van der Waals surface area contributed by atoms with E-state index in [0.29, 0.717) is 5.89 Å². The van der Waals surface area contributed by atoms with Gasteiger partial charge in [-0.1, -0.05) is 129 Å². The summed E-state index contributed by atoms with van der Waals surface area (Å²) in [7, 11) is 0. The number of aromatic nitrogens is 2. The van der Waals surface area contributed by atoms with Gasteiger partial charge in [-0.3, -0.25) is 0 Å². The second-order valence-corrected chi connectivity index (χ2v) is 14.8. The van der Waals surface area contributed by atoms with E-state index in [9.17, 15) is 0 Å². The van der Waals surface area contributed by atoms with Gasteiger partial charge < -0.3 is 13.9 Å². The summed E-state index contributed by atoms with van der Waals surface area (Å²) < 4.78 is 9.15. The van der Waals surface area contributed by atoms with Crippen molar-refractivity contribution >= 4 is 60.7 Å². The lowest BCUT2D eigenvalue weighted by atomic mass is 9.82. The van der Waals surface area contributed by atoms with E-state index in [0.717, 1.165) is 44.8 Å². The summed E-state index contributed by atoms with van der Waals surface area (Å²) in [6, 6.07) is 62.9. The van der Waals surface area contributed by atoms with E-state index in [1.54, 1.807) is 0 Å². The van der Waals surface area contributed by atoms with Gasteiger partial charge in [0.05, 0.1) is 22.4 Å². The molecule has 11 rings (SSSR count). The van der Waals surface area contributed by atoms with Crippen LogP contribution in [0.3, 0.4) is 0 Å². The number of benzene rings is 8. The molecule has 0 aliphatic heterocycles. The van der Waals surface area contributed by atoms with Crippen molar-refractivity contribution in [2.45, 2.75) is 19.3 Å². The van der Waals surface area contributed by atoms with Crippen LogP contribution in [-0.4, -0.2) is 9.55 Å². The van der Waals surface area contributed by atoms with Crippen LogP contribution < -0.4 is 4.90 Å². The Bertz CT molecular complexity index is 3080. The lowest BCUT2D eigenvalue weighted by molar-refractivity contribution is 0.620. The molecule has 4 heteroatoms. The minimum Gasteiger partial charge on any atom is -0.434 e. The summed E-state index contributed by atoms with van der Waals surface area (Å²) in [6.45, 7) is 4.68. The lowest BCUT2D eigenvalue weighted by Crippen LogP contribution is -2.16. The van der Waals surface area contributed by atoms with Gasteiger partial charge >= 0.3 is 0 Å². The van der Waals surface area contributed by atoms with Crippen molar-refractivity contribution < 1.29 is 4.42 Å². The average molecular weight is 694 g/mol. The first-order chi connectivity index (χ1) is 26.6. The normalized spacial score (nSPS) is 13.1. The fourth-order valence-electron chi connectivity index (χ4n) is 8.89. The van der Waals surface area contributed by atoms with Crippen LogP contribution >= 0.6 is 0 Å². The van der Waals surface area contributed by atoms with Crippen molar-refractivity contribution in [3.05, 3.63) is 187 Å². The molecule has 0 radical (unpaired) electrons. The highest BCUT2D eigenvalue weighted by atomic mass is 16.3. The first-order valence-electron chi connectivity index (χ1n) is 18.6. The Morgan fingerprint density at radius 2 is 1.20 bits per heavy atom. The molecule has 8 aromatic carbocycles. The molecule has 0 fully saturated rings. The molecule has 0 spiro atoms. The second kappa shape index (κ2) is 11.5. The third kappa shape index (κ3) is 4.40. The van der Waals surface area contributed by atoms with Gasteiger partial charge in [-0.2, -0.15) is 0 Å². The fraction of sp³-hybridized carbons (Fsp3) is 0.0600. The third-order valence-corrected chi connectivity index (χ3v) is 11.4. The zero-order valence-electron chi connectivity index (χ0n) is 30.0. The summed E-state index contributed by atoms with van der Waals surface area (Å²) >= 11 is 0. The monoisotopic (exact) mass is 693 g/mol. The zero-order chi connectivity index (χ0) is 36.0. The van der Waals surface area contributed by atoms with E-state index in [1.165, 1.54) is 49.4 Å². The average Bonchev–Trinajstić information content (AvgIpc) is 3.88.